The lowest BCUT2D eigenvalue weighted by molar-refractivity contribution is -0.196. The van der Waals surface area contributed by atoms with Gasteiger partial charge < -0.3 is 19.9 Å². The van der Waals surface area contributed by atoms with E-state index in [1.54, 1.807) is 0 Å². The van der Waals surface area contributed by atoms with E-state index in [2.05, 4.69) is 10.1 Å². The highest BCUT2D eigenvalue weighted by atomic mass is 19.3. The van der Waals surface area contributed by atoms with Crippen molar-refractivity contribution in [1.29, 1.82) is 0 Å². The van der Waals surface area contributed by atoms with E-state index in [1.165, 1.54) is 24.3 Å². The molecule has 1 amide bonds. The first-order chi connectivity index (χ1) is 13.3. The average Bonchev–Trinajstić information content (AvgIpc) is 2.59. The number of carbonyl (C=O) groups excluding carboxylic acids is 2. The van der Waals surface area contributed by atoms with Crippen molar-refractivity contribution < 1.29 is 33.0 Å². The van der Waals surface area contributed by atoms with Crippen molar-refractivity contribution in [3.63, 3.8) is 0 Å². The number of aliphatic hydroxyl groups is 1. The van der Waals surface area contributed by atoms with Crippen molar-refractivity contribution in [3.8, 4) is 5.75 Å². The molecule has 6 nitrogen and oxygen atoms in total. The van der Waals surface area contributed by atoms with Gasteiger partial charge in [0, 0.05) is 5.69 Å². The lowest BCUT2D eigenvalue weighted by Crippen LogP contribution is -2.58. The van der Waals surface area contributed by atoms with E-state index < -0.39 is 36.1 Å². The molecule has 4 fully saturated rings. The van der Waals surface area contributed by atoms with Crippen molar-refractivity contribution in [1.82, 2.24) is 0 Å². The molecule has 4 atom stereocenters. The summed E-state index contributed by atoms with van der Waals surface area (Å²) in [5.74, 6) is -0.238. The van der Waals surface area contributed by atoms with E-state index in [0.717, 1.165) is 32.1 Å². The lowest BCUT2D eigenvalue weighted by Gasteiger charge is -2.58. The molecule has 4 bridgehead atoms. The number of esters is 1. The average molecular weight is 395 g/mol. The van der Waals surface area contributed by atoms with Crippen LogP contribution in [-0.4, -0.2) is 35.8 Å². The number of anilines is 1. The summed E-state index contributed by atoms with van der Waals surface area (Å²) >= 11 is 0. The van der Waals surface area contributed by atoms with E-state index in [9.17, 15) is 23.5 Å². The number of benzene rings is 1. The molecule has 5 rings (SSSR count). The van der Waals surface area contributed by atoms with Crippen LogP contribution in [0.2, 0.25) is 0 Å². The Labute approximate surface area is 161 Å². The van der Waals surface area contributed by atoms with Gasteiger partial charge in [0.05, 0.1) is 11.0 Å². The smallest absolute Gasteiger partial charge is 0.387 e. The predicted octanol–water partition coefficient (Wildman–Crippen LogP) is 3.10. The summed E-state index contributed by atoms with van der Waals surface area (Å²) in [7, 11) is 0. The molecule has 28 heavy (non-hydrogen) atoms. The largest absolute Gasteiger partial charge is 0.455 e. The van der Waals surface area contributed by atoms with Gasteiger partial charge in [-0.25, -0.2) is 0 Å². The van der Waals surface area contributed by atoms with E-state index in [4.69, 9.17) is 4.74 Å². The second kappa shape index (κ2) is 6.99. The molecule has 0 aromatic heterocycles. The minimum atomic E-state index is -2.91. The van der Waals surface area contributed by atoms with Crippen LogP contribution < -0.4 is 10.1 Å². The third-order valence-electron chi connectivity index (χ3n) is 6.16. The predicted molar refractivity (Wildman–Crippen MR) is 94.7 cm³/mol. The zero-order chi connectivity index (χ0) is 19.9. The molecule has 152 valence electrons. The fraction of sp³-hybridized carbons (Fsp3) is 0.600. The summed E-state index contributed by atoms with van der Waals surface area (Å²) in [6.45, 7) is -3.34. The zero-order valence-corrected chi connectivity index (χ0v) is 15.3. The van der Waals surface area contributed by atoms with E-state index in [0.29, 0.717) is 23.9 Å². The first kappa shape index (κ1) is 19.1. The molecule has 4 aliphatic rings. The van der Waals surface area contributed by atoms with Gasteiger partial charge in [-0.05, 0) is 74.6 Å². The summed E-state index contributed by atoms with van der Waals surface area (Å²) in [6, 6.07) is 5.46. The van der Waals surface area contributed by atoms with Crippen molar-refractivity contribution in [3.05, 3.63) is 24.3 Å². The van der Waals surface area contributed by atoms with Gasteiger partial charge in [0.2, 0.25) is 0 Å². The maximum absolute atomic E-state index is 12.7. The first-order valence-corrected chi connectivity index (χ1v) is 9.50. The number of hydrogen-bond acceptors (Lipinski definition) is 5. The standard InChI is InChI=1S/C20H23F2NO5/c21-18(22)28-15-3-1-14(2-4-15)23-16(24)10-27-17(25)19-6-12-5-13(7-19)9-20(26,8-12)11-19/h1-4,12-13,18,26H,5-11H2,(H,23,24)/t12-,13+,19?,20?. The third kappa shape index (κ3) is 3.83. The number of halogens is 2. The van der Waals surface area contributed by atoms with Gasteiger partial charge in [-0.2, -0.15) is 8.78 Å². The van der Waals surface area contributed by atoms with Gasteiger partial charge in [0.1, 0.15) is 5.75 Å². The summed E-state index contributed by atoms with van der Waals surface area (Å²) in [5, 5.41) is 13.3. The molecular formula is C20H23F2NO5. The van der Waals surface area contributed by atoms with Crippen LogP contribution in [-0.2, 0) is 14.3 Å². The van der Waals surface area contributed by atoms with Crippen LogP contribution in [0.15, 0.2) is 24.3 Å². The molecular weight excluding hydrogens is 372 g/mol. The van der Waals surface area contributed by atoms with Gasteiger partial charge in [-0.3, -0.25) is 9.59 Å². The number of hydrogen-bond donors (Lipinski definition) is 2. The molecule has 4 saturated carbocycles. The number of nitrogens with one attached hydrogen (secondary N) is 1. The topological polar surface area (TPSA) is 84.9 Å². The Morgan fingerprint density at radius 1 is 1.14 bits per heavy atom. The van der Waals surface area contributed by atoms with Crippen LogP contribution in [0.3, 0.4) is 0 Å². The Kier molecular flexibility index (Phi) is 4.77. The summed E-state index contributed by atoms with van der Waals surface area (Å²) < 4.78 is 33.8. The SMILES string of the molecule is O=C(COC(=O)C12C[C@@H]3C[C@@H](CC(O)(C3)C1)C2)Nc1ccc(OC(F)F)cc1. The molecule has 0 saturated heterocycles. The molecule has 0 radical (unpaired) electrons. The minimum Gasteiger partial charge on any atom is -0.455 e. The van der Waals surface area contributed by atoms with Crippen molar-refractivity contribution >= 4 is 17.6 Å². The number of ether oxygens (including phenoxy) is 2. The Hall–Kier alpha value is -2.22. The number of carbonyl (C=O) groups is 2. The Balaban J connectivity index is 1.31. The van der Waals surface area contributed by atoms with E-state index >= 15 is 0 Å². The highest BCUT2D eigenvalue weighted by Crippen LogP contribution is 2.61. The highest BCUT2D eigenvalue weighted by molar-refractivity contribution is 5.93. The second-order valence-corrected chi connectivity index (χ2v) is 8.49. The molecule has 4 aliphatic carbocycles. The van der Waals surface area contributed by atoms with Crippen LogP contribution in [0.1, 0.15) is 38.5 Å². The van der Waals surface area contributed by atoms with E-state index in [-0.39, 0.29) is 5.75 Å². The zero-order valence-electron chi connectivity index (χ0n) is 15.3. The van der Waals surface area contributed by atoms with Crippen molar-refractivity contribution in [2.45, 2.75) is 50.7 Å². The molecule has 0 heterocycles. The van der Waals surface area contributed by atoms with Crippen LogP contribution in [0.25, 0.3) is 0 Å². The molecule has 0 aliphatic heterocycles. The van der Waals surface area contributed by atoms with Gasteiger partial charge in [-0.1, -0.05) is 0 Å². The normalized spacial score (nSPS) is 33.0. The maximum Gasteiger partial charge on any atom is 0.387 e. The van der Waals surface area contributed by atoms with Gasteiger partial charge in [0.25, 0.3) is 5.91 Å². The monoisotopic (exact) mass is 395 g/mol. The number of amides is 1. The lowest BCUT2D eigenvalue weighted by atomic mass is 9.48. The molecule has 1 aromatic carbocycles. The van der Waals surface area contributed by atoms with Crippen molar-refractivity contribution in [2.75, 3.05) is 11.9 Å². The molecule has 2 unspecified atom stereocenters. The molecule has 2 N–H and O–H groups in total. The molecule has 0 spiro atoms. The van der Waals surface area contributed by atoms with Crippen LogP contribution in [0.5, 0.6) is 5.75 Å². The summed E-state index contributed by atoms with van der Waals surface area (Å²) in [6.07, 6.45) is 4.42. The molecule has 1 aromatic rings. The van der Waals surface area contributed by atoms with Gasteiger partial charge >= 0.3 is 12.6 Å². The first-order valence-electron chi connectivity index (χ1n) is 9.50. The van der Waals surface area contributed by atoms with Crippen LogP contribution in [0, 0.1) is 17.3 Å². The van der Waals surface area contributed by atoms with E-state index in [1.807, 2.05) is 0 Å². The number of rotatable bonds is 6. The second-order valence-electron chi connectivity index (χ2n) is 8.49. The fourth-order valence-electron chi connectivity index (χ4n) is 5.65. The summed E-state index contributed by atoms with van der Waals surface area (Å²) in [4.78, 5) is 24.8. The van der Waals surface area contributed by atoms with Gasteiger partial charge in [-0.15, -0.1) is 0 Å². The fourth-order valence-corrected chi connectivity index (χ4v) is 5.65. The van der Waals surface area contributed by atoms with Crippen LogP contribution in [0.4, 0.5) is 14.5 Å². The Bertz CT molecular complexity index is 752. The highest BCUT2D eigenvalue weighted by Gasteiger charge is 2.60. The maximum atomic E-state index is 12.7. The third-order valence-corrected chi connectivity index (χ3v) is 6.16. The quantitative estimate of drug-likeness (QED) is 0.723. The Morgan fingerprint density at radius 2 is 1.79 bits per heavy atom. The van der Waals surface area contributed by atoms with Crippen LogP contribution >= 0.6 is 0 Å². The number of alkyl halides is 2. The van der Waals surface area contributed by atoms with Gasteiger partial charge in [0.15, 0.2) is 6.61 Å². The molecule has 8 heteroatoms. The Morgan fingerprint density at radius 3 is 2.36 bits per heavy atom. The summed E-state index contributed by atoms with van der Waals surface area (Å²) in [5.41, 5.74) is -1.06. The van der Waals surface area contributed by atoms with Crippen molar-refractivity contribution in [2.24, 2.45) is 17.3 Å². The minimum absolute atomic E-state index is 0.0147.